The Morgan fingerprint density at radius 3 is 2.27 bits per heavy atom. The molecule has 0 saturated carbocycles. The van der Waals surface area contributed by atoms with Gasteiger partial charge in [-0.05, 0) is 26.0 Å². The number of hydrogen-bond acceptors (Lipinski definition) is 4. The van der Waals surface area contributed by atoms with Gasteiger partial charge in [0.05, 0.1) is 18.1 Å². The number of benzene rings is 1. The van der Waals surface area contributed by atoms with Gasteiger partial charge in [0.1, 0.15) is 11.6 Å². The van der Waals surface area contributed by atoms with Crippen molar-refractivity contribution in [1.82, 2.24) is 9.62 Å². The molecular formula is C14H20F2N2O3S. The summed E-state index contributed by atoms with van der Waals surface area (Å²) in [7, 11) is -3.97. The lowest BCUT2D eigenvalue weighted by Gasteiger charge is -2.40. The van der Waals surface area contributed by atoms with E-state index in [0.29, 0.717) is 32.4 Å². The van der Waals surface area contributed by atoms with Crippen molar-refractivity contribution in [2.24, 2.45) is 0 Å². The first-order chi connectivity index (χ1) is 10.2. The zero-order valence-corrected chi connectivity index (χ0v) is 13.4. The summed E-state index contributed by atoms with van der Waals surface area (Å²) >= 11 is 0. The lowest BCUT2D eigenvalue weighted by Crippen LogP contribution is -2.55. The van der Waals surface area contributed by atoms with Crippen LogP contribution in [0.3, 0.4) is 0 Å². The normalized spacial score (nSPS) is 17.6. The van der Waals surface area contributed by atoms with Crippen molar-refractivity contribution in [2.45, 2.75) is 24.3 Å². The van der Waals surface area contributed by atoms with Crippen LogP contribution in [-0.4, -0.2) is 51.7 Å². The van der Waals surface area contributed by atoms with Crippen molar-refractivity contribution < 1.29 is 21.9 Å². The lowest BCUT2D eigenvalue weighted by molar-refractivity contribution is -0.00803. The molecule has 2 rings (SSSR count). The highest BCUT2D eigenvalue weighted by Gasteiger charge is 2.30. The summed E-state index contributed by atoms with van der Waals surface area (Å²) in [5.41, 5.74) is -0.428. The number of rotatable bonds is 5. The minimum atomic E-state index is -3.97. The molecule has 0 spiro atoms. The zero-order chi connectivity index (χ0) is 16.4. The molecule has 1 heterocycles. The smallest absolute Gasteiger partial charge is 0.240 e. The van der Waals surface area contributed by atoms with Crippen LogP contribution in [0.5, 0.6) is 0 Å². The van der Waals surface area contributed by atoms with Gasteiger partial charge in [-0.25, -0.2) is 21.9 Å². The second-order valence-corrected chi connectivity index (χ2v) is 7.61. The van der Waals surface area contributed by atoms with Crippen LogP contribution in [0.25, 0.3) is 0 Å². The van der Waals surface area contributed by atoms with E-state index in [0.717, 1.165) is 12.1 Å². The number of nitrogens with one attached hydrogen (secondary N) is 1. The van der Waals surface area contributed by atoms with Gasteiger partial charge >= 0.3 is 0 Å². The maximum Gasteiger partial charge on any atom is 0.240 e. The third-order valence-corrected chi connectivity index (χ3v) is 5.09. The molecule has 0 amide bonds. The summed E-state index contributed by atoms with van der Waals surface area (Å²) in [5.74, 6) is -1.85. The molecule has 124 valence electrons. The van der Waals surface area contributed by atoms with E-state index in [9.17, 15) is 17.2 Å². The van der Waals surface area contributed by atoms with Gasteiger partial charge in [-0.3, -0.25) is 4.90 Å². The summed E-state index contributed by atoms with van der Waals surface area (Å²) in [6, 6.07) is 2.23. The summed E-state index contributed by atoms with van der Waals surface area (Å²) in [4.78, 5) is 1.70. The van der Waals surface area contributed by atoms with Crippen LogP contribution in [0.15, 0.2) is 23.1 Å². The van der Waals surface area contributed by atoms with Crippen LogP contribution < -0.4 is 4.72 Å². The fourth-order valence-corrected chi connectivity index (χ4v) is 3.56. The van der Waals surface area contributed by atoms with Gasteiger partial charge < -0.3 is 4.74 Å². The number of nitrogens with zero attached hydrogens (tertiary/aromatic N) is 1. The lowest BCUT2D eigenvalue weighted by atomic mass is 10.0. The Balaban J connectivity index is 2.08. The van der Waals surface area contributed by atoms with Crippen LogP contribution in [0.4, 0.5) is 8.78 Å². The summed E-state index contributed by atoms with van der Waals surface area (Å²) < 4.78 is 58.4. The van der Waals surface area contributed by atoms with E-state index in [-0.39, 0.29) is 6.54 Å². The molecule has 1 fully saturated rings. The minimum absolute atomic E-state index is 0.132. The molecule has 22 heavy (non-hydrogen) atoms. The first-order valence-corrected chi connectivity index (χ1v) is 8.48. The van der Waals surface area contributed by atoms with E-state index in [1.165, 1.54) is 0 Å². The largest absolute Gasteiger partial charge is 0.379 e. The number of ether oxygens (including phenoxy) is 1. The fourth-order valence-electron chi connectivity index (χ4n) is 2.32. The Bertz CT molecular complexity index is 609. The SMILES string of the molecule is CC(C)(CNS(=O)(=O)c1cc(F)cc(F)c1)N1CCOCC1. The predicted octanol–water partition coefficient (Wildman–Crippen LogP) is 1.35. The third kappa shape index (κ3) is 4.22. The van der Waals surface area contributed by atoms with E-state index in [2.05, 4.69) is 9.62 Å². The molecule has 0 radical (unpaired) electrons. The van der Waals surface area contributed by atoms with Crippen LogP contribution in [0.1, 0.15) is 13.8 Å². The van der Waals surface area contributed by atoms with Gasteiger partial charge in [0.2, 0.25) is 10.0 Å². The molecule has 0 bridgehead atoms. The molecule has 0 unspecified atom stereocenters. The second kappa shape index (κ2) is 6.57. The molecule has 1 aromatic rings. The molecule has 1 N–H and O–H groups in total. The second-order valence-electron chi connectivity index (χ2n) is 5.84. The monoisotopic (exact) mass is 334 g/mol. The Kier molecular flexibility index (Phi) is 5.16. The van der Waals surface area contributed by atoms with Crippen molar-refractivity contribution in [3.8, 4) is 0 Å². The standard InChI is InChI=1S/C14H20F2N2O3S/c1-14(2,18-3-5-21-6-4-18)10-17-22(19,20)13-8-11(15)7-12(16)9-13/h7-9,17H,3-6,10H2,1-2H3. The van der Waals surface area contributed by atoms with Gasteiger partial charge in [-0.1, -0.05) is 0 Å². The fraction of sp³-hybridized carbons (Fsp3) is 0.571. The first kappa shape index (κ1) is 17.3. The first-order valence-electron chi connectivity index (χ1n) is 6.99. The summed E-state index contributed by atoms with van der Waals surface area (Å²) in [6.45, 7) is 6.58. The van der Waals surface area contributed by atoms with E-state index in [4.69, 9.17) is 4.74 Å². The number of sulfonamides is 1. The Labute approximate surface area is 129 Å². The van der Waals surface area contributed by atoms with E-state index in [1.54, 1.807) is 0 Å². The highest BCUT2D eigenvalue weighted by molar-refractivity contribution is 7.89. The quantitative estimate of drug-likeness (QED) is 0.883. The van der Waals surface area contributed by atoms with Crippen molar-refractivity contribution in [3.63, 3.8) is 0 Å². The van der Waals surface area contributed by atoms with Gasteiger partial charge in [0.25, 0.3) is 0 Å². The van der Waals surface area contributed by atoms with Gasteiger partial charge in [0.15, 0.2) is 0 Å². The Morgan fingerprint density at radius 2 is 1.73 bits per heavy atom. The maximum absolute atomic E-state index is 13.2. The predicted molar refractivity (Wildman–Crippen MR) is 78.0 cm³/mol. The van der Waals surface area contributed by atoms with Gasteiger partial charge in [0, 0.05) is 31.2 Å². The Morgan fingerprint density at radius 1 is 1.18 bits per heavy atom. The zero-order valence-electron chi connectivity index (χ0n) is 12.6. The van der Waals surface area contributed by atoms with Gasteiger partial charge in [-0.15, -0.1) is 0 Å². The Hall–Kier alpha value is -1.09. The van der Waals surface area contributed by atoms with Crippen molar-refractivity contribution in [3.05, 3.63) is 29.8 Å². The molecular weight excluding hydrogens is 314 g/mol. The van der Waals surface area contributed by atoms with Crippen LogP contribution >= 0.6 is 0 Å². The topological polar surface area (TPSA) is 58.6 Å². The van der Waals surface area contributed by atoms with Crippen LogP contribution in [-0.2, 0) is 14.8 Å². The number of morpholine rings is 1. The summed E-state index contributed by atoms with van der Waals surface area (Å²) in [5, 5.41) is 0. The van der Waals surface area contributed by atoms with Crippen LogP contribution in [0.2, 0.25) is 0 Å². The molecule has 0 aromatic heterocycles. The maximum atomic E-state index is 13.2. The van der Waals surface area contributed by atoms with Gasteiger partial charge in [-0.2, -0.15) is 0 Å². The van der Waals surface area contributed by atoms with Crippen LogP contribution in [0, 0.1) is 11.6 Å². The van der Waals surface area contributed by atoms with Crippen molar-refractivity contribution >= 4 is 10.0 Å². The van der Waals surface area contributed by atoms with E-state index >= 15 is 0 Å². The molecule has 1 aromatic carbocycles. The molecule has 1 aliphatic rings. The summed E-state index contributed by atoms with van der Waals surface area (Å²) in [6.07, 6.45) is 0. The van der Waals surface area contributed by atoms with E-state index in [1.807, 2.05) is 13.8 Å². The van der Waals surface area contributed by atoms with Crippen molar-refractivity contribution in [1.29, 1.82) is 0 Å². The average Bonchev–Trinajstić information content (AvgIpc) is 2.45. The molecule has 5 nitrogen and oxygen atoms in total. The average molecular weight is 334 g/mol. The number of hydrogen-bond donors (Lipinski definition) is 1. The van der Waals surface area contributed by atoms with E-state index < -0.39 is 32.1 Å². The molecule has 0 atom stereocenters. The molecule has 1 aliphatic heterocycles. The number of halogens is 2. The highest BCUT2D eigenvalue weighted by atomic mass is 32.2. The minimum Gasteiger partial charge on any atom is -0.379 e. The third-order valence-electron chi connectivity index (χ3n) is 3.71. The van der Waals surface area contributed by atoms with Crippen molar-refractivity contribution in [2.75, 3.05) is 32.8 Å². The molecule has 8 heteroatoms. The molecule has 1 saturated heterocycles. The highest BCUT2D eigenvalue weighted by Crippen LogP contribution is 2.18. The molecule has 0 aliphatic carbocycles.